The molecule has 0 aliphatic carbocycles. The predicted octanol–water partition coefficient (Wildman–Crippen LogP) is 11.2. The van der Waals surface area contributed by atoms with Gasteiger partial charge >= 0.3 is 17.9 Å². The summed E-state index contributed by atoms with van der Waals surface area (Å²) in [6.07, 6.45) is 6.74. The zero-order valence-corrected chi connectivity index (χ0v) is 48.2. The monoisotopic (exact) mass is 1150 g/mol. The average Bonchev–Trinajstić information content (AvgIpc) is 2.95. The van der Waals surface area contributed by atoms with Gasteiger partial charge in [-0.2, -0.15) is 20.2 Å². The first kappa shape index (κ1) is 60.0. The third-order valence-electron chi connectivity index (χ3n) is 11.9. The van der Waals surface area contributed by atoms with Gasteiger partial charge in [0.15, 0.2) is 22.8 Å². The highest BCUT2D eigenvalue weighted by molar-refractivity contribution is 6.05. The fourth-order valence-electron chi connectivity index (χ4n) is 7.99. The molecule has 10 rings (SSSR count). The molecule has 6 heterocycles. The number of nitrogens with one attached hydrogen (secondary N) is 3. The molecule has 4 aromatic carbocycles. The van der Waals surface area contributed by atoms with Crippen LogP contribution in [0.15, 0.2) is 158 Å². The molecule has 0 unspecified atom stereocenters. The van der Waals surface area contributed by atoms with E-state index in [4.69, 9.17) is 34.2 Å². The number of carboxylic acids is 1. The van der Waals surface area contributed by atoms with Gasteiger partial charge in [0.2, 0.25) is 0 Å². The second-order valence-corrected chi connectivity index (χ2v) is 20.5. The van der Waals surface area contributed by atoms with Crippen LogP contribution in [0.3, 0.4) is 0 Å². The highest BCUT2D eigenvalue weighted by Gasteiger charge is 2.21. The smallest absolute Gasteiger partial charge is 0.338 e. The zero-order valence-electron chi connectivity index (χ0n) is 48.2. The fraction of sp³-hybridized carbons (Fsp3) is 0.194. The van der Waals surface area contributed by atoms with Crippen molar-refractivity contribution in [2.75, 3.05) is 50.1 Å². The van der Waals surface area contributed by atoms with E-state index in [0.29, 0.717) is 103 Å². The lowest BCUT2D eigenvalue weighted by molar-refractivity contribution is 0.00570. The minimum Gasteiger partial charge on any atom is -0.491 e. The van der Waals surface area contributed by atoms with Gasteiger partial charge in [0, 0.05) is 52.9 Å². The number of methoxy groups -OCH3 is 4. The van der Waals surface area contributed by atoms with Crippen LogP contribution in [0, 0.1) is 0 Å². The number of pyridine rings is 2. The van der Waals surface area contributed by atoms with Gasteiger partial charge in [-0.15, -0.1) is 0 Å². The van der Waals surface area contributed by atoms with Crippen LogP contribution < -0.4 is 40.6 Å². The topological polar surface area (TPSA) is 292 Å². The number of carbonyl (C=O) groups excluding carboxylic acids is 3. The largest absolute Gasteiger partial charge is 0.491 e. The number of fused-ring (bicyclic) bond motifs is 2. The van der Waals surface area contributed by atoms with Gasteiger partial charge in [0.05, 0.1) is 67.9 Å². The molecule has 0 atom stereocenters. The van der Waals surface area contributed by atoms with Crippen molar-refractivity contribution >= 4 is 69.5 Å². The summed E-state index contributed by atoms with van der Waals surface area (Å²) in [6.45, 7) is 10.9. The van der Waals surface area contributed by atoms with E-state index in [-0.39, 0.29) is 17.4 Å². The third-order valence-corrected chi connectivity index (χ3v) is 11.9. The first-order valence-electron chi connectivity index (χ1n) is 26.2. The van der Waals surface area contributed by atoms with E-state index < -0.39 is 23.1 Å². The van der Waals surface area contributed by atoms with E-state index in [0.717, 1.165) is 5.56 Å². The van der Waals surface area contributed by atoms with Crippen molar-refractivity contribution in [2.24, 2.45) is 0 Å². The molecule has 85 heavy (non-hydrogen) atoms. The van der Waals surface area contributed by atoms with Gasteiger partial charge in [0.1, 0.15) is 22.8 Å². The molecule has 23 heteroatoms. The van der Waals surface area contributed by atoms with Gasteiger partial charge in [-0.25, -0.2) is 33.4 Å². The molecule has 0 fully saturated rings. The number of amides is 1. The van der Waals surface area contributed by atoms with Gasteiger partial charge in [-0.3, -0.25) is 4.79 Å². The number of nitrogen functional groups attached to an aromatic ring is 1. The van der Waals surface area contributed by atoms with Crippen molar-refractivity contribution in [2.45, 2.75) is 52.7 Å². The Morgan fingerprint density at radius 1 is 0.518 bits per heavy atom. The molecule has 0 radical (unpaired) electrons. The van der Waals surface area contributed by atoms with Crippen molar-refractivity contribution in [1.29, 1.82) is 0 Å². The molecule has 0 saturated carbocycles. The number of nitrogens with zero attached hydrogens (tertiary/aromatic N) is 8. The summed E-state index contributed by atoms with van der Waals surface area (Å²) in [5.41, 5.74) is 12.3. The van der Waals surface area contributed by atoms with Crippen molar-refractivity contribution in [3.8, 4) is 45.8 Å². The molecular weight excluding hydrogens is 1090 g/mol. The molecule has 10 aromatic rings. The van der Waals surface area contributed by atoms with Crippen molar-refractivity contribution in [3.05, 3.63) is 181 Å². The normalized spacial score (nSPS) is 11.0. The molecular formula is C62H62N12O11. The van der Waals surface area contributed by atoms with Crippen LogP contribution in [0.1, 0.15) is 83.0 Å². The van der Waals surface area contributed by atoms with E-state index in [1.807, 2.05) is 53.7 Å². The second-order valence-electron chi connectivity index (χ2n) is 20.5. The van der Waals surface area contributed by atoms with Crippen molar-refractivity contribution in [1.82, 2.24) is 39.2 Å². The van der Waals surface area contributed by atoms with Crippen LogP contribution in [0.2, 0.25) is 0 Å². The number of esters is 2. The number of aromatic carboxylic acids is 1. The molecule has 1 amide bonds. The van der Waals surface area contributed by atoms with E-state index in [2.05, 4.69) is 46.1 Å². The lowest BCUT2D eigenvalue weighted by Gasteiger charge is -2.19. The molecule has 0 spiro atoms. The number of carboxylic acid groups (broad SMARTS) is 1. The molecule has 0 aliphatic rings. The maximum atomic E-state index is 13.1. The van der Waals surface area contributed by atoms with E-state index in [1.165, 1.54) is 20.3 Å². The molecule has 6 aromatic heterocycles. The Kier molecular flexibility index (Phi) is 18.5. The number of carbonyl (C=O) groups is 4. The summed E-state index contributed by atoms with van der Waals surface area (Å²) in [7, 11) is 6.13. The Labute approximate surface area is 488 Å². The SMILES string of the molecule is CC(C)(C)OC(=O)c1ccc(N)cc1.COc1ccc(Nc2cc(-c3cccc(C(=O)Nc4ccc(C(=O)OC(C)(C)C)cc4)c3)nn3ccnc23)nc1OC.COc1ccc(Nc2cc(-c3cccc(C(=O)O)c3)nn3ccnc23)nc1OC. The average molecular weight is 1150 g/mol. The third kappa shape index (κ3) is 15.7. The number of imidazole rings is 2. The fourth-order valence-corrected chi connectivity index (χ4v) is 7.99. The number of hydrogen-bond acceptors (Lipinski definition) is 19. The van der Waals surface area contributed by atoms with Crippen LogP contribution in [0.5, 0.6) is 23.3 Å². The Bertz CT molecular complexity index is 4020. The van der Waals surface area contributed by atoms with Gasteiger partial charge < -0.3 is 55.2 Å². The van der Waals surface area contributed by atoms with Crippen LogP contribution in [-0.4, -0.2) is 108 Å². The van der Waals surface area contributed by atoms with Crippen molar-refractivity contribution < 1.29 is 52.7 Å². The maximum absolute atomic E-state index is 13.1. The number of rotatable bonds is 15. The Morgan fingerprint density at radius 2 is 0.953 bits per heavy atom. The minimum absolute atomic E-state index is 0.186. The standard InChI is InChI=1S/C31H30N6O5.C20H17N5O4.C11H15NO2/c1-31(2,3)42-30(39)19-9-11-22(12-10-19)33-28(38)21-8-6-7-20(17-21)23-18-24(27-32-15-16-37(27)36-23)34-26-14-13-25(40-4)29(35-26)41-5;1-28-16-6-7-17(23-19(16)29-2)22-15-11-14(24-25-9-8-21-18(15)25)12-4-3-5-13(10-12)20(26)27;1-11(2,3)14-10(13)8-4-6-9(12)7-5-8/h6-18H,1-5H3,(H,33,38)(H,34,35);3-11H,1-2H3,(H,22,23)(H,26,27);4-7H,12H2,1-3H3. The number of anilines is 6. The highest BCUT2D eigenvalue weighted by Crippen LogP contribution is 2.33. The van der Waals surface area contributed by atoms with E-state index in [9.17, 15) is 24.3 Å². The van der Waals surface area contributed by atoms with Crippen LogP contribution in [0.25, 0.3) is 33.8 Å². The second kappa shape index (κ2) is 26.2. The molecule has 436 valence electrons. The summed E-state index contributed by atoms with van der Waals surface area (Å²) in [4.78, 5) is 65.8. The van der Waals surface area contributed by atoms with Crippen LogP contribution in [-0.2, 0) is 9.47 Å². The first-order chi connectivity index (χ1) is 40.6. The lowest BCUT2D eigenvalue weighted by atomic mass is 10.1. The maximum Gasteiger partial charge on any atom is 0.338 e. The summed E-state index contributed by atoms with van der Waals surface area (Å²) >= 11 is 0. The van der Waals surface area contributed by atoms with E-state index in [1.54, 1.807) is 163 Å². The van der Waals surface area contributed by atoms with Crippen LogP contribution >= 0.6 is 0 Å². The van der Waals surface area contributed by atoms with Gasteiger partial charge in [0.25, 0.3) is 17.7 Å². The molecule has 0 saturated heterocycles. The highest BCUT2D eigenvalue weighted by atomic mass is 16.6. The zero-order chi connectivity index (χ0) is 61.0. The van der Waals surface area contributed by atoms with Gasteiger partial charge in [-0.05, 0) is 151 Å². The van der Waals surface area contributed by atoms with Gasteiger partial charge in [-0.1, -0.05) is 24.3 Å². The Hall–Kier alpha value is -11.1. The minimum atomic E-state index is -0.997. The van der Waals surface area contributed by atoms with Crippen LogP contribution in [0.4, 0.5) is 34.4 Å². The lowest BCUT2D eigenvalue weighted by Crippen LogP contribution is -2.23. The van der Waals surface area contributed by atoms with Crippen molar-refractivity contribution in [3.63, 3.8) is 0 Å². The molecule has 0 bridgehead atoms. The van der Waals surface area contributed by atoms with E-state index >= 15 is 0 Å². The summed E-state index contributed by atoms with van der Waals surface area (Å²) in [6, 6.07) is 37.6. The predicted molar refractivity (Wildman–Crippen MR) is 321 cm³/mol. The summed E-state index contributed by atoms with van der Waals surface area (Å²) in [5, 5.41) is 27.8. The number of nitrogens with two attached hydrogens (primary N) is 1. The Morgan fingerprint density at radius 3 is 1.38 bits per heavy atom. The number of benzene rings is 4. The quantitative estimate of drug-likeness (QED) is 0.0471. The molecule has 0 aliphatic heterocycles. The summed E-state index contributed by atoms with van der Waals surface area (Å²) in [5.74, 6) is 0.730. The number of hydrogen-bond donors (Lipinski definition) is 5. The first-order valence-corrected chi connectivity index (χ1v) is 26.2. The summed E-state index contributed by atoms with van der Waals surface area (Å²) < 4.78 is 34.9. The molecule has 23 nitrogen and oxygen atoms in total. The Balaban J connectivity index is 0.000000188. The number of ether oxygens (including phenoxy) is 6. The molecule has 6 N–H and O–H groups in total. The number of aromatic nitrogens is 8.